The Morgan fingerprint density at radius 1 is 1.04 bits per heavy atom. The summed E-state index contributed by atoms with van der Waals surface area (Å²) in [5, 5.41) is 16.3. The summed E-state index contributed by atoms with van der Waals surface area (Å²) in [4.78, 5) is 14.7. The van der Waals surface area contributed by atoms with Crippen molar-refractivity contribution in [3.63, 3.8) is 0 Å². The van der Waals surface area contributed by atoms with E-state index in [4.69, 9.17) is 0 Å². The monoisotopic (exact) mass is 368 g/mol. The minimum atomic E-state index is 0.271. The van der Waals surface area contributed by atoms with E-state index in [9.17, 15) is 4.79 Å². The first-order chi connectivity index (χ1) is 13.2. The topological polar surface area (TPSA) is 75.9 Å². The summed E-state index contributed by atoms with van der Waals surface area (Å²) in [6.07, 6.45) is 9.66. The third-order valence-corrected chi connectivity index (χ3v) is 5.72. The van der Waals surface area contributed by atoms with Crippen molar-refractivity contribution in [1.29, 1.82) is 0 Å². The fourth-order valence-corrected chi connectivity index (χ4v) is 4.13. The molecule has 0 bridgehead atoms. The Hall–Kier alpha value is -2.44. The van der Waals surface area contributed by atoms with Gasteiger partial charge in [0.25, 0.3) is 0 Å². The standard InChI is InChI=1S/C20H28N6O/c1-15-9-14-26(24-15)19-8-7-18(22-23-19)21-17-10-12-25(13-11-17)20(27)16-5-3-2-4-6-16/h7-9,14,16-17H,2-6,10-13H2,1H3,(H,21,22). The van der Waals surface area contributed by atoms with Gasteiger partial charge >= 0.3 is 0 Å². The van der Waals surface area contributed by atoms with Gasteiger partial charge < -0.3 is 10.2 Å². The van der Waals surface area contributed by atoms with E-state index in [0.717, 1.165) is 50.3 Å². The Labute approximate surface area is 160 Å². The second kappa shape index (κ2) is 8.06. The fourth-order valence-electron chi connectivity index (χ4n) is 4.13. The van der Waals surface area contributed by atoms with Crippen LogP contribution in [-0.4, -0.2) is 49.9 Å². The predicted octanol–water partition coefficient (Wildman–Crippen LogP) is 2.95. The summed E-state index contributed by atoms with van der Waals surface area (Å²) < 4.78 is 1.72. The van der Waals surface area contributed by atoms with Gasteiger partial charge in [-0.2, -0.15) is 5.10 Å². The average molecular weight is 368 g/mol. The van der Waals surface area contributed by atoms with Crippen LogP contribution < -0.4 is 5.32 Å². The normalized spacial score (nSPS) is 19.2. The smallest absolute Gasteiger partial charge is 0.225 e. The predicted molar refractivity (Wildman–Crippen MR) is 104 cm³/mol. The van der Waals surface area contributed by atoms with Crippen LogP contribution >= 0.6 is 0 Å². The Morgan fingerprint density at radius 3 is 2.44 bits per heavy atom. The number of rotatable bonds is 4. The Kier molecular flexibility index (Phi) is 5.36. The molecule has 0 unspecified atom stereocenters. The van der Waals surface area contributed by atoms with Gasteiger partial charge in [0.2, 0.25) is 5.91 Å². The Bertz CT molecular complexity index is 757. The molecule has 2 aromatic rings. The van der Waals surface area contributed by atoms with Crippen molar-refractivity contribution in [2.45, 2.75) is 57.9 Å². The van der Waals surface area contributed by atoms with Crippen molar-refractivity contribution in [2.24, 2.45) is 5.92 Å². The van der Waals surface area contributed by atoms with Gasteiger partial charge in [-0.3, -0.25) is 4.79 Å². The molecule has 3 heterocycles. The van der Waals surface area contributed by atoms with E-state index < -0.39 is 0 Å². The lowest BCUT2D eigenvalue weighted by Gasteiger charge is -2.35. The first-order valence-electron chi connectivity index (χ1n) is 10.1. The van der Waals surface area contributed by atoms with Crippen molar-refractivity contribution in [2.75, 3.05) is 18.4 Å². The summed E-state index contributed by atoms with van der Waals surface area (Å²) in [7, 11) is 0. The zero-order valence-electron chi connectivity index (χ0n) is 16.0. The maximum Gasteiger partial charge on any atom is 0.225 e. The quantitative estimate of drug-likeness (QED) is 0.898. The SMILES string of the molecule is Cc1ccn(-c2ccc(NC3CCN(C(=O)C4CCCCC4)CC3)nn2)n1. The minimum Gasteiger partial charge on any atom is -0.366 e. The zero-order valence-corrected chi connectivity index (χ0v) is 16.0. The number of anilines is 1. The summed E-state index contributed by atoms with van der Waals surface area (Å²) in [6, 6.07) is 6.14. The number of nitrogens with one attached hydrogen (secondary N) is 1. The number of carbonyl (C=O) groups is 1. The summed E-state index contributed by atoms with van der Waals surface area (Å²) in [5.41, 5.74) is 0.952. The van der Waals surface area contributed by atoms with Gasteiger partial charge in [0.1, 0.15) is 5.82 Å². The van der Waals surface area contributed by atoms with Crippen molar-refractivity contribution in [3.05, 3.63) is 30.1 Å². The first-order valence-corrected chi connectivity index (χ1v) is 10.1. The van der Waals surface area contributed by atoms with Crippen LogP contribution in [0.1, 0.15) is 50.6 Å². The lowest BCUT2D eigenvalue weighted by atomic mass is 9.87. The second-order valence-corrected chi connectivity index (χ2v) is 7.76. The highest BCUT2D eigenvalue weighted by molar-refractivity contribution is 5.79. The molecule has 0 aromatic carbocycles. The highest BCUT2D eigenvalue weighted by Gasteiger charge is 2.29. The van der Waals surface area contributed by atoms with E-state index in [1.54, 1.807) is 4.68 Å². The zero-order chi connectivity index (χ0) is 18.6. The van der Waals surface area contributed by atoms with Crippen molar-refractivity contribution in [1.82, 2.24) is 24.9 Å². The van der Waals surface area contributed by atoms with E-state index in [2.05, 4.69) is 25.5 Å². The lowest BCUT2D eigenvalue weighted by Crippen LogP contribution is -2.45. The van der Waals surface area contributed by atoms with Gasteiger partial charge in [0, 0.05) is 31.2 Å². The number of nitrogens with zero attached hydrogens (tertiary/aromatic N) is 5. The number of hydrogen-bond acceptors (Lipinski definition) is 5. The third kappa shape index (κ3) is 4.28. The van der Waals surface area contributed by atoms with Crippen molar-refractivity contribution in [3.8, 4) is 5.82 Å². The second-order valence-electron chi connectivity index (χ2n) is 7.76. The molecule has 1 saturated heterocycles. The van der Waals surface area contributed by atoms with Crippen LogP contribution in [0, 0.1) is 12.8 Å². The average Bonchev–Trinajstić information content (AvgIpc) is 3.16. The van der Waals surface area contributed by atoms with E-state index in [0.29, 0.717) is 17.8 Å². The molecule has 0 atom stereocenters. The highest BCUT2D eigenvalue weighted by atomic mass is 16.2. The molecule has 0 radical (unpaired) electrons. The Morgan fingerprint density at radius 2 is 1.81 bits per heavy atom. The molecule has 1 aliphatic carbocycles. The molecule has 7 heteroatoms. The lowest BCUT2D eigenvalue weighted by molar-refractivity contribution is -0.137. The molecule has 2 aromatic heterocycles. The van der Waals surface area contributed by atoms with Gasteiger partial charge in [0.05, 0.1) is 5.69 Å². The van der Waals surface area contributed by atoms with E-state index in [1.165, 1.54) is 19.3 Å². The number of likely N-dealkylation sites (tertiary alicyclic amines) is 1. The molecule has 7 nitrogen and oxygen atoms in total. The van der Waals surface area contributed by atoms with Crippen LogP contribution in [0.25, 0.3) is 5.82 Å². The molecule has 2 aliphatic rings. The first kappa shape index (κ1) is 17.9. The fraction of sp³-hybridized carbons (Fsp3) is 0.600. The third-order valence-electron chi connectivity index (χ3n) is 5.72. The largest absolute Gasteiger partial charge is 0.366 e. The maximum absolute atomic E-state index is 12.7. The van der Waals surface area contributed by atoms with Gasteiger partial charge in [-0.05, 0) is 50.8 Å². The van der Waals surface area contributed by atoms with Crippen LogP contribution in [0.15, 0.2) is 24.4 Å². The summed E-state index contributed by atoms with van der Waals surface area (Å²) in [6.45, 7) is 3.63. The maximum atomic E-state index is 12.7. The molecular weight excluding hydrogens is 340 g/mol. The number of piperidine rings is 1. The van der Waals surface area contributed by atoms with Crippen LogP contribution in [-0.2, 0) is 4.79 Å². The van der Waals surface area contributed by atoms with Crippen LogP contribution in [0.4, 0.5) is 5.82 Å². The molecule has 4 rings (SSSR count). The van der Waals surface area contributed by atoms with Gasteiger partial charge in [-0.25, -0.2) is 4.68 Å². The van der Waals surface area contributed by atoms with Crippen LogP contribution in [0.3, 0.4) is 0 Å². The molecular formula is C20H28N6O. The number of hydrogen-bond donors (Lipinski definition) is 1. The molecule has 2 fully saturated rings. The van der Waals surface area contributed by atoms with Crippen molar-refractivity contribution < 1.29 is 4.79 Å². The molecule has 27 heavy (non-hydrogen) atoms. The molecule has 1 amide bonds. The Balaban J connectivity index is 1.28. The number of aromatic nitrogens is 4. The van der Waals surface area contributed by atoms with Gasteiger partial charge in [0.15, 0.2) is 5.82 Å². The minimum absolute atomic E-state index is 0.271. The van der Waals surface area contributed by atoms with Crippen LogP contribution in [0.5, 0.6) is 0 Å². The highest BCUT2D eigenvalue weighted by Crippen LogP contribution is 2.27. The number of carbonyl (C=O) groups excluding carboxylic acids is 1. The molecule has 1 N–H and O–H groups in total. The molecule has 1 aliphatic heterocycles. The van der Waals surface area contributed by atoms with Gasteiger partial charge in [-0.1, -0.05) is 19.3 Å². The summed E-state index contributed by atoms with van der Waals surface area (Å²) in [5.74, 6) is 2.14. The van der Waals surface area contributed by atoms with E-state index >= 15 is 0 Å². The van der Waals surface area contributed by atoms with Crippen molar-refractivity contribution >= 4 is 11.7 Å². The molecule has 0 spiro atoms. The summed E-state index contributed by atoms with van der Waals surface area (Å²) >= 11 is 0. The van der Waals surface area contributed by atoms with E-state index in [1.807, 2.05) is 31.3 Å². The van der Waals surface area contributed by atoms with Crippen LogP contribution in [0.2, 0.25) is 0 Å². The van der Waals surface area contributed by atoms with E-state index in [-0.39, 0.29) is 5.92 Å². The number of aryl methyl sites for hydroxylation is 1. The molecule has 1 saturated carbocycles. The molecule has 144 valence electrons. The van der Waals surface area contributed by atoms with Gasteiger partial charge in [-0.15, -0.1) is 10.2 Å². The number of amides is 1.